The van der Waals surface area contributed by atoms with Gasteiger partial charge in [-0.25, -0.2) is 0 Å². The molecule has 0 bridgehead atoms. The predicted octanol–water partition coefficient (Wildman–Crippen LogP) is 2.28. The van der Waals surface area contributed by atoms with Gasteiger partial charge in [-0.05, 0) is 53.8 Å². The van der Waals surface area contributed by atoms with Gasteiger partial charge in [-0.2, -0.15) is 5.26 Å². The van der Waals surface area contributed by atoms with Crippen molar-refractivity contribution < 1.29 is 4.79 Å². The number of rotatable bonds is 2. The maximum absolute atomic E-state index is 11.8. The minimum Gasteiger partial charge on any atom is -0.326 e. The van der Waals surface area contributed by atoms with Gasteiger partial charge in [0.05, 0.1) is 6.07 Å². The summed E-state index contributed by atoms with van der Waals surface area (Å²) < 4.78 is 1.08. The van der Waals surface area contributed by atoms with E-state index in [0.29, 0.717) is 5.56 Å². The first-order valence-electron chi connectivity index (χ1n) is 4.48. The Balaban J connectivity index is 2.86. The van der Waals surface area contributed by atoms with E-state index in [0.717, 1.165) is 3.57 Å². The number of nitrogens with zero attached hydrogens (tertiary/aromatic N) is 2. The van der Waals surface area contributed by atoms with Crippen molar-refractivity contribution in [2.24, 2.45) is 0 Å². The van der Waals surface area contributed by atoms with Crippen molar-refractivity contribution in [1.82, 2.24) is 4.90 Å². The Morgan fingerprint density at radius 1 is 1.47 bits per heavy atom. The van der Waals surface area contributed by atoms with Crippen LogP contribution in [0.1, 0.15) is 17.3 Å². The molecule has 3 nitrogen and oxygen atoms in total. The fourth-order valence-electron chi connectivity index (χ4n) is 1.06. The van der Waals surface area contributed by atoms with Gasteiger partial charge in [-0.3, -0.25) is 4.79 Å². The minimum absolute atomic E-state index is 0.125. The van der Waals surface area contributed by atoms with Crippen LogP contribution in [-0.2, 0) is 0 Å². The molecule has 0 spiro atoms. The van der Waals surface area contributed by atoms with Crippen LogP contribution in [0, 0.1) is 14.9 Å². The largest absolute Gasteiger partial charge is 0.326 e. The molecule has 0 aliphatic heterocycles. The number of hydrogen-bond donors (Lipinski definition) is 0. The summed E-state index contributed by atoms with van der Waals surface area (Å²) in [7, 11) is 1.63. The summed E-state index contributed by atoms with van der Waals surface area (Å²) in [5.41, 5.74) is 0.611. The molecule has 0 aliphatic rings. The van der Waals surface area contributed by atoms with Gasteiger partial charge in [-0.1, -0.05) is 0 Å². The number of hydrogen-bond acceptors (Lipinski definition) is 2. The Bertz CT molecular complexity index is 394. The Hall–Kier alpha value is -1.09. The lowest BCUT2D eigenvalue weighted by Gasteiger charge is -2.19. The first kappa shape index (κ1) is 12.0. The van der Waals surface area contributed by atoms with E-state index >= 15 is 0 Å². The molecule has 0 aliphatic carbocycles. The zero-order valence-corrected chi connectivity index (χ0v) is 10.7. The van der Waals surface area contributed by atoms with Crippen LogP contribution in [0.4, 0.5) is 0 Å². The molecule has 1 aromatic carbocycles. The molecule has 1 unspecified atom stereocenters. The third kappa shape index (κ3) is 2.93. The number of nitriles is 1. The average molecular weight is 314 g/mol. The molecular weight excluding hydrogens is 303 g/mol. The number of carbonyl (C=O) groups excluding carboxylic acids is 1. The van der Waals surface area contributed by atoms with E-state index in [4.69, 9.17) is 5.26 Å². The fourth-order valence-corrected chi connectivity index (χ4v) is 1.42. The Kier molecular flexibility index (Phi) is 4.09. The van der Waals surface area contributed by atoms with Crippen LogP contribution in [0.5, 0.6) is 0 Å². The van der Waals surface area contributed by atoms with E-state index in [9.17, 15) is 4.79 Å². The first-order valence-corrected chi connectivity index (χ1v) is 5.56. The van der Waals surface area contributed by atoms with Crippen LogP contribution in [0.25, 0.3) is 0 Å². The summed E-state index contributed by atoms with van der Waals surface area (Å²) in [5.74, 6) is -0.125. The molecular formula is C11H11IN2O. The third-order valence-corrected chi connectivity index (χ3v) is 2.90. The molecule has 1 aromatic rings. The quantitative estimate of drug-likeness (QED) is 0.786. The van der Waals surface area contributed by atoms with Gasteiger partial charge in [-0.15, -0.1) is 0 Å². The summed E-state index contributed by atoms with van der Waals surface area (Å²) in [4.78, 5) is 13.3. The lowest BCUT2D eigenvalue weighted by atomic mass is 10.2. The van der Waals surface area contributed by atoms with Gasteiger partial charge >= 0.3 is 0 Å². The van der Waals surface area contributed by atoms with Crippen LogP contribution in [0.15, 0.2) is 24.3 Å². The molecule has 0 saturated heterocycles. The molecule has 0 saturated carbocycles. The van der Waals surface area contributed by atoms with Crippen molar-refractivity contribution in [3.63, 3.8) is 0 Å². The van der Waals surface area contributed by atoms with Gasteiger partial charge in [0.15, 0.2) is 0 Å². The third-order valence-electron chi connectivity index (χ3n) is 2.18. The highest BCUT2D eigenvalue weighted by Gasteiger charge is 2.16. The smallest absolute Gasteiger partial charge is 0.254 e. The van der Waals surface area contributed by atoms with Crippen LogP contribution >= 0.6 is 22.6 Å². The second kappa shape index (κ2) is 5.12. The topological polar surface area (TPSA) is 44.1 Å². The van der Waals surface area contributed by atoms with E-state index in [1.54, 1.807) is 26.1 Å². The van der Waals surface area contributed by atoms with Gasteiger partial charge in [0, 0.05) is 16.2 Å². The lowest BCUT2D eigenvalue weighted by molar-refractivity contribution is 0.0773. The highest BCUT2D eigenvalue weighted by Crippen LogP contribution is 2.10. The van der Waals surface area contributed by atoms with Crippen LogP contribution in [0.2, 0.25) is 0 Å². The molecule has 0 heterocycles. The predicted molar refractivity (Wildman–Crippen MR) is 66.3 cm³/mol. The van der Waals surface area contributed by atoms with E-state index in [-0.39, 0.29) is 5.91 Å². The highest BCUT2D eigenvalue weighted by molar-refractivity contribution is 14.1. The summed E-state index contributed by atoms with van der Waals surface area (Å²) >= 11 is 2.18. The van der Waals surface area contributed by atoms with Crippen molar-refractivity contribution in [2.45, 2.75) is 13.0 Å². The van der Waals surface area contributed by atoms with Gasteiger partial charge in [0.2, 0.25) is 0 Å². The molecule has 0 aromatic heterocycles. The lowest BCUT2D eigenvalue weighted by Crippen LogP contribution is -2.33. The van der Waals surface area contributed by atoms with Crippen LogP contribution < -0.4 is 0 Å². The molecule has 0 radical (unpaired) electrons. The van der Waals surface area contributed by atoms with Crippen molar-refractivity contribution >= 4 is 28.5 Å². The summed E-state index contributed by atoms with van der Waals surface area (Å²) in [6, 6.07) is 8.91. The molecule has 78 valence electrons. The fraction of sp³-hybridized carbons (Fsp3) is 0.273. The zero-order valence-electron chi connectivity index (χ0n) is 8.57. The number of halogens is 1. The van der Waals surface area contributed by atoms with Crippen molar-refractivity contribution in [2.75, 3.05) is 7.05 Å². The maximum atomic E-state index is 11.8. The zero-order chi connectivity index (χ0) is 11.4. The second-order valence-electron chi connectivity index (χ2n) is 3.23. The summed E-state index contributed by atoms with van der Waals surface area (Å²) in [6.45, 7) is 1.70. The van der Waals surface area contributed by atoms with Crippen LogP contribution in [0.3, 0.4) is 0 Å². The van der Waals surface area contributed by atoms with E-state index in [1.165, 1.54) is 4.90 Å². The SMILES string of the molecule is CC(C#N)N(C)C(=O)c1ccc(I)cc1. The Morgan fingerprint density at radius 2 is 2.00 bits per heavy atom. The molecule has 0 N–H and O–H groups in total. The standard InChI is InChI=1S/C11H11IN2O/c1-8(7-13)14(2)11(15)9-3-5-10(12)6-4-9/h3-6,8H,1-2H3. The monoisotopic (exact) mass is 314 g/mol. The first-order chi connectivity index (χ1) is 7.06. The molecule has 4 heteroatoms. The maximum Gasteiger partial charge on any atom is 0.254 e. The Morgan fingerprint density at radius 3 is 2.47 bits per heavy atom. The number of benzene rings is 1. The van der Waals surface area contributed by atoms with Gasteiger partial charge < -0.3 is 4.90 Å². The van der Waals surface area contributed by atoms with Gasteiger partial charge in [0.1, 0.15) is 6.04 Å². The molecule has 1 amide bonds. The van der Waals surface area contributed by atoms with Crippen molar-refractivity contribution in [3.05, 3.63) is 33.4 Å². The van der Waals surface area contributed by atoms with E-state index < -0.39 is 6.04 Å². The van der Waals surface area contributed by atoms with E-state index in [1.807, 2.05) is 18.2 Å². The Labute approximate surface area is 103 Å². The van der Waals surface area contributed by atoms with Gasteiger partial charge in [0.25, 0.3) is 5.91 Å². The normalized spacial score (nSPS) is 11.6. The number of amides is 1. The molecule has 1 rings (SSSR count). The average Bonchev–Trinajstić information content (AvgIpc) is 2.27. The van der Waals surface area contributed by atoms with Crippen molar-refractivity contribution in [1.29, 1.82) is 5.26 Å². The van der Waals surface area contributed by atoms with Crippen molar-refractivity contribution in [3.8, 4) is 6.07 Å². The summed E-state index contributed by atoms with van der Waals surface area (Å²) in [6.07, 6.45) is 0. The van der Waals surface area contributed by atoms with Crippen LogP contribution in [-0.4, -0.2) is 23.9 Å². The number of carbonyl (C=O) groups is 1. The molecule has 0 fully saturated rings. The molecule has 1 atom stereocenters. The second-order valence-corrected chi connectivity index (χ2v) is 4.47. The van der Waals surface area contributed by atoms with E-state index in [2.05, 4.69) is 22.6 Å². The highest BCUT2D eigenvalue weighted by atomic mass is 127. The minimum atomic E-state index is -0.406. The summed E-state index contributed by atoms with van der Waals surface area (Å²) in [5, 5.41) is 8.70. The molecule has 15 heavy (non-hydrogen) atoms.